The van der Waals surface area contributed by atoms with Crippen LogP contribution in [-0.4, -0.2) is 7.05 Å². The second kappa shape index (κ2) is 5.35. The van der Waals surface area contributed by atoms with Crippen molar-refractivity contribution in [1.29, 1.82) is 0 Å². The molecule has 0 saturated carbocycles. The highest BCUT2D eigenvalue weighted by Gasteiger charge is 1.98. The molecule has 0 heterocycles. The Kier molecular flexibility index (Phi) is 4.08. The highest BCUT2D eigenvalue weighted by atomic mass is 35.5. The molecule has 0 unspecified atom stereocenters. The molecule has 2 nitrogen and oxygen atoms in total. The summed E-state index contributed by atoms with van der Waals surface area (Å²) in [5.41, 5.74) is 2.02. The van der Waals surface area contributed by atoms with E-state index in [0.29, 0.717) is 0 Å². The molecule has 0 aliphatic rings. The zero-order valence-electron chi connectivity index (χ0n) is 8.05. The largest absolute Gasteiger partial charge is 0.392 e. The fourth-order valence-corrected chi connectivity index (χ4v) is 1.22. The van der Waals surface area contributed by atoms with Gasteiger partial charge in [0.05, 0.1) is 5.70 Å². The quantitative estimate of drug-likeness (QED) is 0.795. The summed E-state index contributed by atoms with van der Waals surface area (Å²) in [6.45, 7) is 3.62. The van der Waals surface area contributed by atoms with Crippen molar-refractivity contribution in [2.75, 3.05) is 7.05 Å². The monoisotopic (exact) mass is 208 g/mol. The summed E-state index contributed by atoms with van der Waals surface area (Å²) in [5.74, 6) is 0. The second-order valence-corrected chi connectivity index (χ2v) is 3.14. The third kappa shape index (κ3) is 2.82. The molecule has 2 N–H and O–H groups in total. The molecule has 0 aromatic heterocycles. The lowest BCUT2D eigenvalue weighted by atomic mass is 10.2. The van der Waals surface area contributed by atoms with Crippen molar-refractivity contribution < 1.29 is 0 Å². The predicted octanol–water partition coefficient (Wildman–Crippen LogP) is 2.59. The molecule has 0 fully saturated rings. The molecule has 0 radical (unpaired) electrons. The zero-order chi connectivity index (χ0) is 10.4. The molecule has 1 aromatic carbocycles. The maximum absolute atomic E-state index is 5.79. The van der Waals surface area contributed by atoms with Gasteiger partial charge in [0.15, 0.2) is 0 Å². The minimum absolute atomic E-state index is 0.733. The van der Waals surface area contributed by atoms with Gasteiger partial charge in [0.1, 0.15) is 0 Å². The molecular weight excluding hydrogens is 196 g/mol. The van der Waals surface area contributed by atoms with Crippen molar-refractivity contribution in [3.05, 3.63) is 53.8 Å². The van der Waals surface area contributed by atoms with Crippen LogP contribution in [0.2, 0.25) is 5.02 Å². The lowest BCUT2D eigenvalue weighted by Gasteiger charge is -2.07. The summed E-state index contributed by atoms with van der Waals surface area (Å²) < 4.78 is 0. The first-order valence-corrected chi connectivity index (χ1v) is 4.66. The Bertz CT molecular complexity index is 328. The van der Waals surface area contributed by atoms with Crippen LogP contribution in [0.4, 0.5) is 0 Å². The smallest absolute Gasteiger partial charge is 0.0612 e. The summed E-state index contributed by atoms with van der Waals surface area (Å²) in [7, 11) is 1.85. The number of halogens is 1. The van der Waals surface area contributed by atoms with Gasteiger partial charge in [-0.05, 0) is 23.9 Å². The van der Waals surface area contributed by atoms with Crippen LogP contribution in [0.5, 0.6) is 0 Å². The van der Waals surface area contributed by atoms with Gasteiger partial charge in [-0.3, -0.25) is 0 Å². The molecule has 0 aliphatic heterocycles. The second-order valence-electron chi connectivity index (χ2n) is 2.70. The highest BCUT2D eigenvalue weighted by Crippen LogP contribution is 2.14. The Labute approximate surface area is 89.3 Å². The fraction of sp³-hybridized carbons (Fsp3) is 0.0909. The van der Waals surface area contributed by atoms with E-state index in [-0.39, 0.29) is 0 Å². The molecule has 3 heteroatoms. The number of hydrogen-bond acceptors (Lipinski definition) is 2. The SMILES string of the molecule is C=CN/C(=C\NC)c1ccc(Cl)cc1. The van der Waals surface area contributed by atoms with Crippen LogP contribution in [0.3, 0.4) is 0 Å². The molecule has 0 spiro atoms. The summed E-state index contributed by atoms with van der Waals surface area (Å²) >= 11 is 5.79. The molecule has 0 bridgehead atoms. The minimum Gasteiger partial charge on any atom is -0.392 e. The van der Waals surface area contributed by atoms with E-state index in [0.717, 1.165) is 16.3 Å². The van der Waals surface area contributed by atoms with Crippen LogP contribution in [0.1, 0.15) is 5.56 Å². The van der Waals surface area contributed by atoms with Crippen LogP contribution in [0.15, 0.2) is 43.2 Å². The van der Waals surface area contributed by atoms with Gasteiger partial charge in [0, 0.05) is 18.3 Å². The van der Waals surface area contributed by atoms with Crippen LogP contribution >= 0.6 is 11.6 Å². The van der Waals surface area contributed by atoms with Crippen molar-refractivity contribution in [3.8, 4) is 0 Å². The predicted molar refractivity (Wildman–Crippen MR) is 61.8 cm³/mol. The third-order valence-corrected chi connectivity index (χ3v) is 1.95. The fourth-order valence-electron chi connectivity index (χ4n) is 1.09. The maximum Gasteiger partial charge on any atom is 0.0612 e. The van der Waals surface area contributed by atoms with Gasteiger partial charge in [-0.2, -0.15) is 0 Å². The molecule has 1 rings (SSSR count). The van der Waals surface area contributed by atoms with Gasteiger partial charge in [-0.25, -0.2) is 0 Å². The summed E-state index contributed by atoms with van der Waals surface area (Å²) in [4.78, 5) is 0. The van der Waals surface area contributed by atoms with Crippen molar-refractivity contribution in [3.63, 3.8) is 0 Å². The van der Waals surface area contributed by atoms with Gasteiger partial charge >= 0.3 is 0 Å². The Balaban J connectivity index is 2.93. The van der Waals surface area contributed by atoms with E-state index in [2.05, 4.69) is 17.2 Å². The van der Waals surface area contributed by atoms with Crippen molar-refractivity contribution in [2.24, 2.45) is 0 Å². The number of rotatable bonds is 4. The number of benzene rings is 1. The van der Waals surface area contributed by atoms with E-state index in [1.165, 1.54) is 0 Å². The Hall–Kier alpha value is -1.41. The standard InChI is InChI=1S/C11H13ClN2/c1-3-14-11(8-13-2)9-4-6-10(12)7-5-9/h3-8,13-14H,1H2,2H3/b11-8-. The van der Waals surface area contributed by atoms with E-state index in [1.54, 1.807) is 6.20 Å². The molecular formula is C11H13ClN2. The Morgan fingerprint density at radius 2 is 2.00 bits per heavy atom. The van der Waals surface area contributed by atoms with Crippen molar-refractivity contribution in [1.82, 2.24) is 10.6 Å². The summed E-state index contributed by atoms with van der Waals surface area (Å²) in [6.07, 6.45) is 3.50. The maximum atomic E-state index is 5.79. The highest BCUT2D eigenvalue weighted by molar-refractivity contribution is 6.30. The number of nitrogens with one attached hydrogen (secondary N) is 2. The Morgan fingerprint density at radius 1 is 1.36 bits per heavy atom. The normalized spacial score (nSPS) is 10.9. The van der Waals surface area contributed by atoms with E-state index in [9.17, 15) is 0 Å². The Morgan fingerprint density at radius 3 is 2.50 bits per heavy atom. The topological polar surface area (TPSA) is 24.1 Å². The van der Waals surface area contributed by atoms with E-state index in [1.807, 2.05) is 37.5 Å². The van der Waals surface area contributed by atoms with E-state index >= 15 is 0 Å². The molecule has 14 heavy (non-hydrogen) atoms. The van der Waals surface area contributed by atoms with Gasteiger partial charge in [0.2, 0.25) is 0 Å². The van der Waals surface area contributed by atoms with Gasteiger partial charge in [-0.1, -0.05) is 30.3 Å². The van der Waals surface area contributed by atoms with E-state index < -0.39 is 0 Å². The number of hydrogen-bond donors (Lipinski definition) is 2. The first kappa shape index (κ1) is 10.7. The van der Waals surface area contributed by atoms with Crippen molar-refractivity contribution >= 4 is 17.3 Å². The van der Waals surface area contributed by atoms with Crippen LogP contribution in [-0.2, 0) is 0 Å². The minimum atomic E-state index is 0.733. The molecule has 0 amide bonds. The first-order valence-electron chi connectivity index (χ1n) is 4.28. The molecule has 0 saturated heterocycles. The molecule has 0 aliphatic carbocycles. The zero-order valence-corrected chi connectivity index (χ0v) is 8.81. The van der Waals surface area contributed by atoms with E-state index in [4.69, 9.17) is 11.6 Å². The van der Waals surface area contributed by atoms with Crippen LogP contribution in [0.25, 0.3) is 5.70 Å². The molecule has 1 aromatic rings. The average Bonchev–Trinajstić information content (AvgIpc) is 2.19. The lowest BCUT2D eigenvalue weighted by molar-refractivity contribution is 1.08. The molecule has 74 valence electrons. The van der Waals surface area contributed by atoms with Gasteiger partial charge in [0.25, 0.3) is 0 Å². The lowest BCUT2D eigenvalue weighted by Crippen LogP contribution is -2.07. The third-order valence-electron chi connectivity index (χ3n) is 1.70. The average molecular weight is 209 g/mol. The van der Waals surface area contributed by atoms with Crippen LogP contribution in [0, 0.1) is 0 Å². The van der Waals surface area contributed by atoms with Gasteiger partial charge < -0.3 is 10.6 Å². The van der Waals surface area contributed by atoms with Crippen molar-refractivity contribution in [2.45, 2.75) is 0 Å². The summed E-state index contributed by atoms with van der Waals surface area (Å²) in [6, 6.07) is 7.60. The first-order chi connectivity index (χ1) is 6.77. The summed E-state index contributed by atoms with van der Waals surface area (Å²) in [5, 5.41) is 6.73. The molecule has 0 atom stereocenters. The van der Waals surface area contributed by atoms with Crippen LogP contribution < -0.4 is 10.6 Å². The van der Waals surface area contributed by atoms with Gasteiger partial charge in [-0.15, -0.1) is 0 Å².